The Bertz CT molecular complexity index is 610. The lowest BCUT2D eigenvalue weighted by atomic mass is 10.2. The number of pyridine rings is 2. The maximum atomic E-state index is 12.5. The standard InChI is InChI=1S/C16H20N4O/c1-3-20(11-14-6-4-5-12(2)19-14)16(21)15-8-7-13(9-17)10-18-15/h4-8,10H,3,9,11,17H2,1-2H3. The van der Waals surface area contributed by atoms with E-state index in [4.69, 9.17) is 5.73 Å². The highest BCUT2D eigenvalue weighted by Gasteiger charge is 2.16. The molecule has 0 atom stereocenters. The van der Waals surface area contributed by atoms with Gasteiger partial charge in [-0.25, -0.2) is 0 Å². The number of nitrogens with zero attached hydrogens (tertiary/aromatic N) is 3. The summed E-state index contributed by atoms with van der Waals surface area (Å²) in [5, 5.41) is 0. The Morgan fingerprint density at radius 1 is 1.29 bits per heavy atom. The second kappa shape index (κ2) is 6.95. The van der Waals surface area contributed by atoms with E-state index in [2.05, 4.69) is 9.97 Å². The number of hydrogen-bond donors (Lipinski definition) is 1. The van der Waals surface area contributed by atoms with Gasteiger partial charge < -0.3 is 10.6 Å². The smallest absolute Gasteiger partial charge is 0.272 e. The topological polar surface area (TPSA) is 72.1 Å². The summed E-state index contributed by atoms with van der Waals surface area (Å²) in [6.45, 7) is 5.40. The summed E-state index contributed by atoms with van der Waals surface area (Å²) in [7, 11) is 0. The molecule has 0 radical (unpaired) electrons. The van der Waals surface area contributed by atoms with Crippen molar-refractivity contribution in [1.29, 1.82) is 0 Å². The molecule has 0 aliphatic carbocycles. The lowest BCUT2D eigenvalue weighted by Gasteiger charge is -2.20. The average Bonchev–Trinajstić information content (AvgIpc) is 2.52. The highest BCUT2D eigenvalue weighted by Crippen LogP contribution is 2.08. The van der Waals surface area contributed by atoms with Crippen molar-refractivity contribution in [1.82, 2.24) is 14.9 Å². The zero-order chi connectivity index (χ0) is 15.2. The van der Waals surface area contributed by atoms with E-state index >= 15 is 0 Å². The van der Waals surface area contributed by atoms with Crippen LogP contribution in [0.4, 0.5) is 0 Å². The summed E-state index contributed by atoms with van der Waals surface area (Å²) < 4.78 is 0. The third-order valence-corrected chi connectivity index (χ3v) is 3.25. The fraction of sp³-hybridized carbons (Fsp3) is 0.312. The van der Waals surface area contributed by atoms with Crippen LogP contribution >= 0.6 is 0 Å². The lowest BCUT2D eigenvalue weighted by Crippen LogP contribution is -2.31. The largest absolute Gasteiger partial charge is 0.332 e. The molecule has 5 heteroatoms. The molecule has 2 aromatic rings. The SMILES string of the molecule is CCN(Cc1cccc(C)n1)C(=O)c1ccc(CN)cn1. The number of carbonyl (C=O) groups is 1. The molecule has 0 aliphatic heterocycles. The number of nitrogens with two attached hydrogens (primary N) is 1. The second-order valence-corrected chi connectivity index (χ2v) is 4.85. The number of rotatable bonds is 5. The fourth-order valence-corrected chi connectivity index (χ4v) is 2.04. The summed E-state index contributed by atoms with van der Waals surface area (Å²) in [5.74, 6) is -0.0932. The molecule has 0 saturated carbocycles. The molecule has 0 spiro atoms. The Kier molecular flexibility index (Phi) is 5.00. The fourth-order valence-electron chi connectivity index (χ4n) is 2.04. The van der Waals surface area contributed by atoms with Gasteiger partial charge in [-0.1, -0.05) is 12.1 Å². The quantitative estimate of drug-likeness (QED) is 0.910. The van der Waals surface area contributed by atoms with Crippen LogP contribution in [0.1, 0.15) is 34.4 Å². The minimum Gasteiger partial charge on any atom is -0.332 e. The summed E-state index contributed by atoms with van der Waals surface area (Å²) >= 11 is 0. The molecule has 0 bridgehead atoms. The monoisotopic (exact) mass is 284 g/mol. The van der Waals surface area contributed by atoms with Gasteiger partial charge in [-0.05, 0) is 37.6 Å². The maximum absolute atomic E-state index is 12.5. The Morgan fingerprint density at radius 2 is 2.10 bits per heavy atom. The zero-order valence-corrected chi connectivity index (χ0v) is 12.4. The van der Waals surface area contributed by atoms with E-state index in [1.807, 2.05) is 38.1 Å². The Hall–Kier alpha value is -2.27. The minimum atomic E-state index is -0.0932. The third-order valence-electron chi connectivity index (χ3n) is 3.25. The van der Waals surface area contributed by atoms with Gasteiger partial charge in [0, 0.05) is 25.0 Å². The van der Waals surface area contributed by atoms with Gasteiger partial charge in [0.15, 0.2) is 0 Å². The lowest BCUT2D eigenvalue weighted by molar-refractivity contribution is 0.0744. The first-order valence-corrected chi connectivity index (χ1v) is 7.01. The summed E-state index contributed by atoms with van der Waals surface area (Å²) in [4.78, 5) is 22.8. The average molecular weight is 284 g/mol. The first-order valence-electron chi connectivity index (χ1n) is 7.01. The van der Waals surface area contributed by atoms with Crippen molar-refractivity contribution in [2.24, 2.45) is 5.73 Å². The molecule has 2 aromatic heterocycles. The van der Waals surface area contributed by atoms with Crippen molar-refractivity contribution < 1.29 is 4.79 Å². The van der Waals surface area contributed by atoms with Gasteiger partial charge in [0.2, 0.25) is 0 Å². The molecule has 0 saturated heterocycles. The van der Waals surface area contributed by atoms with Crippen molar-refractivity contribution in [3.05, 3.63) is 59.2 Å². The molecule has 21 heavy (non-hydrogen) atoms. The molecule has 0 aliphatic rings. The van der Waals surface area contributed by atoms with Gasteiger partial charge in [0.05, 0.1) is 12.2 Å². The van der Waals surface area contributed by atoms with Gasteiger partial charge in [-0.15, -0.1) is 0 Å². The Morgan fingerprint density at radius 3 is 2.67 bits per heavy atom. The van der Waals surface area contributed by atoms with Gasteiger partial charge in [0.25, 0.3) is 5.91 Å². The molecular weight excluding hydrogens is 264 g/mol. The summed E-state index contributed by atoms with van der Waals surface area (Å²) in [5.41, 5.74) is 8.70. The van der Waals surface area contributed by atoms with Crippen molar-refractivity contribution >= 4 is 5.91 Å². The second-order valence-electron chi connectivity index (χ2n) is 4.85. The minimum absolute atomic E-state index is 0.0932. The van der Waals surface area contributed by atoms with E-state index in [1.165, 1.54) is 0 Å². The van der Waals surface area contributed by atoms with Crippen LogP contribution in [-0.4, -0.2) is 27.3 Å². The van der Waals surface area contributed by atoms with Gasteiger partial charge in [-0.2, -0.15) is 0 Å². The van der Waals surface area contributed by atoms with E-state index in [0.29, 0.717) is 25.3 Å². The van der Waals surface area contributed by atoms with Crippen LogP contribution in [0.15, 0.2) is 36.5 Å². The number of aromatic nitrogens is 2. The molecule has 2 heterocycles. The van der Waals surface area contributed by atoms with E-state index in [1.54, 1.807) is 17.2 Å². The van der Waals surface area contributed by atoms with Gasteiger partial charge >= 0.3 is 0 Å². The van der Waals surface area contributed by atoms with Crippen molar-refractivity contribution in [3.8, 4) is 0 Å². The van der Waals surface area contributed by atoms with Crippen molar-refractivity contribution in [2.75, 3.05) is 6.54 Å². The van der Waals surface area contributed by atoms with E-state index in [0.717, 1.165) is 17.0 Å². The number of carbonyl (C=O) groups excluding carboxylic acids is 1. The van der Waals surface area contributed by atoms with Crippen LogP contribution in [0.25, 0.3) is 0 Å². The van der Waals surface area contributed by atoms with Crippen molar-refractivity contribution in [3.63, 3.8) is 0 Å². The summed E-state index contributed by atoms with van der Waals surface area (Å²) in [6, 6.07) is 9.36. The van der Waals surface area contributed by atoms with Crippen LogP contribution in [-0.2, 0) is 13.1 Å². The number of hydrogen-bond acceptors (Lipinski definition) is 4. The molecule has 2 N–H and O–H groups in total. The van der Waals surface area contributed by atoms with Crippen molar-refractivity contribution in [2.45, 2.75) is 26.9 Å². The molecule has 2 rings (SSSR count). The highest BCUT2D eigenvalue weighted by atomic mass is 16.2. The third kappa shape index (κ3) is 3.86. The van der Waals surface area contributed by atoms with E-state index in [-0.39, 0.29) is 5.91 Å². The first-order chi connectivity index (χ1) is 10.1. The molecular formula is C16H20N4O. The van der Waals surface area contributed by atoms with Crippen LogP contribution in [0.2, 0.25) is 0 Å². The summed E-state index contributed by atoms with van der Waals surface area (Å²) in [6.07, 6.45) is 1.64. The Balaban J connectivity index is 2.14. The molecule has 0 fully saturated rings. The van der Waals surface area contributed by atoms with E-state index in [9.17, 15) is 4.79 Å². The Labute approximate surface area is 124 Å². The normalized spacial score (nSPS) is 10.4. The molecule has 110 valence electrons. The highest BCUT2D eigenvalue weighted by molar-refractivity contribution is 5.92. The van der Waals surface area contributed by atoms with Crippen LogP contribution < -0.4 is 5.73 Å². The molecule has 5 nitrogen and oxygen atoms in total. The first kappa shape index (κ1) is 15.1. The van der Waals surface area contributed by atoms with Gasteiger partial charge in [-0.3, -0.25) is 14.8 Å². The van der Waals surface area contributed by atoms with Crippen LogP contribution in [0, 0.1) is 6.92 Å². The zero-order valence-electron chi connectivity index (χ0n) is 12.4. The predicted molar refractivity (Wildman–Crippen MR) is 81.5 cm³/mol. The number of amides is 1. The van der Waals surface area contributed by atoms with Crippen LogP contribution in [0.3, 0.4) is 0 Å². The molecule has 1 amide bonds. The molecule has 0 unspecified atom stereocenters. The molecule has 0 aromatic carbocycles. The van der Waals surface area contributed by atoms with Gasteiger partial charge in [0.1, 0.15) is 5.69 Å². The number of aryl methyl sites for hydroxylation is 1. The predicted octanol–water partition coefficient (Wildman–Crippen LogP) is 1.91. The maximum Gasteiger partial charge on any atom is 0.272 e. The van der Waals surface area contributed by atoms with E-state index < -0.39 is 0 Å². The van der Waals surface area contributed by atoms with Crippen LogP contribution in [0.5, 0.6) is 0 Å².